The third-order valence-corrected chi connectivity index (χ3v) is 4.81. The van der Waals surface area contributed by atoms with E-state index >= 15 is 0 Å². The van der Waals surface area contributed by atoms with Crippen molar-refractivity contribution in [2.75, 3.05) is 9.66 Å². The lowest BCUT2D eigenvalue weighted by Crippen LogP contribution is -2.29. The molecule has 3 N–H and O–H groups in total. The number of halogens is 3. The summed E-state index contributed by atoms with van der Waals surface area (Å²) in [6.07, 6.45) is 0.425. The van der Waals surface area contributed by atoms with Crippen LogP contribution >= 0.6 is 27.7 Å². The van der Waals surface area contributed by atoms with Crippen molar-refractivity contribution in [1.82, 2.24) is 19.9 Å². The largest absolute Gasteiger partial charge is 0.336 e. The topological polar surface area (TPSA) is 101 Å². The number of anilines is 3. The maximum Gasteiger partial charge on any atom is 0.276 e. The molecular weight excluding hydrogens is 455 g/mol. The first-order chi connectivity index (χ1) is 13.5. The first-order valence-electron chi connectivity index (χ1n) is 7.95. The highest BCUT2D eigenvalue weighted by Gasteiger charge is 2.34. The smallest absolute Gasteiger partial charge is 0.276 e. The molecule has 3 aromatic rings. The van der Waals surface area contributed by atoms with Gasteiger partial charge in [-0.15, -0.1) is 0 Å². The zero-order valence-corrected chi connectivity index (χ0v) is 16.3. The number of amides is 1. The van der Waals surface area contributed by atoms with Crippen molar-refractivity contribution in [2.24, 2.45) is 0 Å². The van der Waals surface area contributed by atoms with E-state index in [-0.39, 0.29) is 16.4 Å². The standard InChI is InChI=1S/C17H11BrClFN6O2/c18-25-13-6-12(21-7-22-13)23-11-5-10(19)14-16(27)24-15(26(14)17(11)28)8-2-1-3-9(20)4-8/h1-7,15H,(H,24,27)(H2,21,22,23,25). The molecule has 8 nitrogen and oxygen atoms in total. The predicted molar refractivity (Wildman–Crippen MR) is 106 cm³/mol. The molecule has 0 fully saturated rings. The van der Waals surface area contributed by atoms with Gasteiger partial charge < -0.3 is 15.0 Å². The predicted octanol–water partition coefficient (Wildman–Crippen LogP) is 3.19. The van der Waals surface area contributed by atoms with Crippen LogP contribution in [-0.4, -0.2) is 20.4 Å². The number of carbonyl (C=O) groups is 1. The molecule has 0 radical (unpaired) electrons. The molecule has 0 bridgehead atoms. The van der Waals surface area contributed by atoms with Gasteiger partial charge in [-0.3, -0.25) is 14.2 Å². The lowest BCUT2D eigenvalue weighted by molar-refractivity contribution is 0.0960. The molecule has 1 unspecified atom stereocenters. The maximum absolute atomic E-state index is 13.6. The number of rotatable bonds is 4. The van der Waals surface area contributed by atoms with Crippen molar-refractivity contribution in [1.29, 1.82) is 0 Å². The Morgan fingerprint density at radius 1 is 1.18 bits per heavy atom. The molecule has 1 aliphatic rings. The van der Waals surface area contributed by atoms with E-state index in [0.717, 1.165) is 0 Å². The Hall–Kier alpha value is -2.98. The van der Waals surface area contributed by atoms with Crippen LogP contribution in [0.1, 0.15) is 22.2 Å². The van der Waals surface area contributed by atoms with Crippen LogP contribution in [0.15, 0.2) is 47.5 Å². The minimum Gasteiger partial charge on any atom is -0.336 e. The molecule has 11 heteroatoms. The van der Waals surface area contributed by atoms with Crippen molar-refractivity contribution < 1.29 is 9.18 Å². The van der Waals surface area contributed by atoms with Crippen LogP contribution < -0.4 is 20.5 Å². The van der Waals surface area contributed by atoms with E-state index in [9.17, 15) is 14.0 Å². The number of nitrogens with zero attached hydrogens (tertiary/aromatic N) is 3. The molecule has 1 amide bonds. The normalized spacial score (nSPS) is 15.1. The highest BCUT2D eigenvalue weighted by molar-refractivity contribution is 9.10. The summed E-state index contributed by atoms with van der Waals surface area (Å²) >= 11 is 9.32. The molecule has 3 heterocycles. The lowest BCUT2D eigenvalue weighted by atomic mass is 10.1. The van der Waals surface area contributed by atoms with Crippen LogP contribution in [0, 0.1) is 5.82 Å². The van der Waals surface area contributed by atoms with Gasteiger partial charge in [0.25, 0.3) is 11.5 Å². The molecule has 0 saturated carbocycles. The van der Waals surface area contributed by atoms with Crippen LogP contribution in [-0.2, 0) is 0 Å². The van der Waals surface area contributed by atoms with E-state index in [2.05, 4.69) is 41.1 Å². The van der Waals surface area contributed by atoms with Crippen LogP contribution in [0.25, 0.3) is 0 Å². The van der Waals surface area contributed by atoms with E-state index in [4.69, 9.17) is 11.6 Å². The summed E-state index contributed by atoms with van der Waals surface area (Å²) in [4.78, 5) is 33.4. The number of nitrogens with one attached hydrogen (secondary N) is 3. The Morgan fingerprint density at radius 3 is 2.71 bits per heavy atom. The van der Waals surface area contributed by atoms with Gasteiger partial charge in [-0.05, 0) is 23.8 Å². The van der Waals surface area contributed by atoms with E-state index < -0.39 is 23.4 Å². The molecule has 28 heavy (non-hydrogen) atoms. The fourth-order valence-corrected chi connectivity index (χ4v) is 3.44. The summed E-state index contributed by atoms with van der Waals surface area (Å²) in [5.74, 6) is -0.190. The van der Waals surface area contributed by atoms with Crippen LogP contribution in [0.3, 0.4) is 0 Å². The van der Waals surface area contributed by atoms with Crippen molar-refractivity contribution in [2.45, 2.75) is 6.17 Å². The molecule has 1 aromatic carbocycles. The monoisotopic (exact) mass is 464 g/mol. The Morgan fingerprint density at radius 2 is 1.96 bits per heavy atom. The highest BCUT2D eigenvalue weighted by Crippen LogP contribution is 2.29. The second-order valence-corrected chi connectivity index (χ2v) is 6.67. The van der Waals surface area contributed by atoms with Gasteiger partial charge in [0.1, 0.15) is 41.3 Å². The number of carbonyl (C=O) groups excluding carboxylic acids is 1. The average molecular weight is 466 g/mol. The molecular formula is C17H11BrClFN6O2. The zero-order chi connectivity index (χ0) is 19.8. The number of hydrogen-bond donors (Lipinski definition) is 3. The van der Waals surface area contributed by atoms with Crippen LogP contribution in [0.2, 0.25) is 5.02 Å². The second-order valence-electron chi connectivity index (χ2n) is 5.87. The molecule has 0 spiro atoms. The molecule has 0 aliphatic carbocycles. The van der Waals surface area contributed by atoms with E-state index in [0.29, 0.717) is 17.2 Å². The lowest BCUT2D eigenvalue weighted by Gasteiger charge is -2.16. The second kappa shape index (κ2) is 7.21. The highest BCUT2D eigenvalue weighted by atomic mass is 79.9. The number of fused-ring (bicyclic) bond motifs is 1. The van der Waals surface area contributed by atoms with Gasteiger partial charge in [0.15, 0.2) is 0 Å². The van der Waals surface area contributed by atoms with E-state index in [1.54, 1.807) is 12.1 Å². The first-order valence-corrected chi connectivity index (χ1v) is 9.12. The number of hydrogen-bond acceptors (Lipinski definition) is 6. The SMILES string of the molecule is O=C1NC(c2cccc(F)c2)n2c1c(Cl)cc(Nc1cc(NBr)ncn1)c2=O. The molecule has 4 rings (SSSR count). The van der Waals surface area contributed by atoms with Gasteiger partial charge in [-0.25, -0.2) is 14.4 Å². The van der Waals surface area contributed by atoms with Gasteiger partial charge in [0.2, 0.25) is 0 Å². The van der Waals surface area contributed by atoms with Crippen molar-refractivity contribution in [3.63, 3.8) is 0 Å². The summed E-state index contributed by atoms with van der Waals surface area (Å²) in [5, 5.41) is 5.61. The zero-order valence-electron chi connectivity index (χ0n) is 13.9. The quantitative estimate of drug-likeness (QED) is 0.512. The molecule has 0 saturated heterocycles. The summed E-state index contributed by atoms with van der Waals surface area (Å²) in [7, 11) is 0. The maximum atomic E-state index is 13.6. The van der Waals surface area contributed by atoms with Gasteiger partial charge in [-0.2, -0.15) is 0 Å². The first kappa shape index (κ1) is 18.4. The van der Waals surface area contributed by atoms with Gasteiger partial charge in [0, 0.05) is 22.2 Å². The summed E-state index contributed by atoms with van der Waals surface area (Å²) in [6, 6.07) is 8.56. The third-order valence-electron chi connectivity index (χ3n) is 4.12. The van der Waals surface area contributed by atoms with Crippen molar-refractivity contribution in [3.05, 3.63) is 75.2 Å². The Kier molecular flexibility index (Phi) is 4.73. The Labute approximate surface area is 171 Å². The summed E-state index contributed by atoms with van der Waals surface area (Å²) in [6.45, 7) is 0. The van der Waals surface area contributed by atoms with Crippen LogP contribution in [0.4, 0.5) is 21.7 Å². The Bertz CT molecular complexity index is 1150. The van der Waals surface area contributed by atoms with Crippen molar-refractivity contribution >= 4 is 51.0 Å². The molecule has 142 valence electrons. The van der Waals surface area contributed by atoms with Crippen molar-refractivity contribution in [3.8, 4) is 0 Å². The fraction of sp³-hybridized carbons (Fsp3) is 0.0588. The Balaban J connectivity index is 1.82. The average Bonchev–Trinajstić information content (AvgIpc) is 3.04. The number of benzene rings is 1. The number of aromatic nitrogens is 3. The molecule has 2 aromatic heterocycles. The fourth-order valence-electron chi connectivity index (χ4n) is 2.94. The molecule has 1 atom stereocenters. The van der Waals surface area contributed by atoms with E-state index in [1.807, 2.05) is 0 Å². The molecule has 1 aliphatic heterocycles. The van der Waals surface area contributed by atoms with Gasteiger partial charge in [0.05, 0.1) is 5.02 Å². The summed E-state index contributed by atoms with van der Waals surface area (Å²) in [5.41, 5.74) is 0.0112. The minimum atomic E-state index is -0.880. The summed E-state index contributed by atoms with van der Waals surface area (Å²) < 4.78 is 17.5. The van der Waals surface area contributed by atoms with Gasteiger partial charge >= 0.3 is 0 Å². The van der Waals surface area contributed by atoms with E-state index in [1.165, 1.54) is 35.2 Å². The van der Waals surface area contributed by atoms with Crippen LogP contribution in [0.5, 0.6) is 0 Å². The van der Waals surface area contributed by atoms with Gasteiger partial charge in [-0.1, -0.05) is 23.7 Å². The third kappa shape index (κ3) is 3.20. The minimum absolute atomic E-state index is 0.0111. The number of pyridine rings is 1.